The Kier molecular flexibility index (Phi) is 41.3. The molecular formula is C22H28I4O8W. The van der Waals surface area contributed by atoms with Gasteiger partial charge in [-0.25, -0.2) is 9.59 Å². The summed E-state index contributed by atoms with van der Waals surface area (Å²) in [6.07, 6.45) is 0. The summed E-state index contributed by atoms with van der Waals surface area (Å²) in [6.45, 7) is 10.1. The molecule has 0 aliphatic rings. The third kappa shape index (κ3) is 30.2. The Bertz CT molecular complexity index is 776. The maximum absolute atomic E-state index is 11.3. The predicted octanol–water partition coefficient (Wildman–Crippen LogP) is 5.52. The van der Waals surface area contributed by atoms with Crippen LogP contribution in [0.1, 0.15) is 41.5 Å². The van der Waals surface area contributed by atoms with Crippen LogP contribution in [0.3, 0.4) is 0 Å². The number of hydrogen-bond acceptors (Lipinski definition) is 8. The first-order valence-electron chi connectivity index (χ1n) is 9.00. The van der Waals surface area contributed by atoms with E-state index in [1.54, 1.807) is 27.7 Å². The second-order valence-electron chi connectivity index (χ2n) is 5.93. The number of methoxy groups -OCH3 is 2. The number of ether oxygens (including phenoxy) is 4. The van der Waals surface area contributed by atoms with Crippen molar-refractivity contribution in [3.8, 4) is 19.7 Å². The summed E-state index contributed by atoms with van der Waals surface area (Å²) in [7, 11) is 2.63. The van der Waals surface area contributed by atoms with E-state index in [2.05, 4.69) is 71.1 Å². The van der Waals surface area contributed by atoms with Crippen LogP contribution >= 0.6 is 82.4 Å². The van der Waals surface area contributed by atoms with Gasteiger partial charge in [-0.3, -0.25) is 21.4 Å². The van der Waals surface area contributed by atoms with Gasteiger partial charge in [0.25, 0.3) is 0 Å². The van der Waals surface area contributed by atoms with E-state index in [1.807, 2.05) is 45.2 Å². The molecular weight excluding hydrogens is 1080 g/mol. The molecule has 0 aromatic heterocycles. The summed E-state index contributed by atoms with van der Waals surface area (Å²) in [5.41, 5.74) is 0.474. The first-order valence-corrected chi connectivity index (χ1v) is 17.4. The topological polar surface area (TPSA) is 105 Å². The van der Waals surface area contributed by atoms with Gasteiger partial charge in [-0.15, -0.1) is 0 Å². The molecule has 0 heterocycles. The summed E-state index contributed by atoms with van der Waals surface area (Å²) in [6, 6.07) is 0. The summed E-state index contributed by atoms with van der Waals surface area (Å²) in [4.78, 5) is 43.3. The second kappa shape index (κ2) is 32.1. The van der Waals surface area contributed by atoms with Crippen LogP contribution in [0.2, 0.25) is 0 Å². The van der Waals surface area contributed by atoms with E-state index in [1.165, 1.54) is 28.1 Å². The van der Waals surface area contributed by atoms with Gasteiger partial charge in [0.2, 0.25) is 0 Å². The number of carbonyl (C=O) groups excluding carboxylic acids is 4. The number of hydrogen-bond donors (Lipinski definition) is 0. The zero-order valence-corrected chi connectivity index (χ0v) is 32.2. The molecule has 35 heavy (non-hydrogen) atoms. The summed E-state index contributed by atoms with van der Waals surface area (Å²) in [5.74, 6) is 4.91. The summed E-state index contributed by atoms with van der Waals surface area (Å²) >= 11 is 7.98. The van der Waals surface area contributed by atoms with Crippen LogP contribution in [0.5, 0.6) is 0 Å². The Balaban J connectivity index is -0.000000130. The van der Waals surface area contributed by atoms with E-state index in [-0.39, 0.29) is 57.4 Å². The average Bonchev–Trinajstić information content (AvgIpc) is 2.83. The maximum Gasteiger partial charge on any atom is 2.00 e. The molecule has 0 aliphatic carbocycles. The van der Waals surface area contributed by atoms with Crippen LogP contribution in [0.25, 0.3) is 0 Å². The van der Waals surface area contributed by atoms with Gasteiger partial charge >= 0.3 is 33.0 Å². The first kappa shape index (κ1) is 45.0. The van der Waals surface area contributed by atoms with Crippen LogP contribution in [0.4, 0.5) is 0 Å². The molecule has 0 spiro atoms. The van der Waals surface area contributed by atoms with Gasteiger partial charge in [-0.2, -0.15) is 27.7 Å². The number of halogens is 4. The minimum absolute atomic E-state index is 0. The zero-order chi connectivity index (χ0) is 27.7. The normalized spacial score (nSPS) is 8.46. The molecule has 0 aromatic rings. The number of esters is 4. The van der Waals surface area contributed by atoms with Gasteiger partial charge in [0.15, 0.2) is 18.5 Å². The Labute approximate surface area is 273 Å². The van der Waals surface area contributed by atoms with E-state index in [0.29, 0.717) is 11.8 Å². The van der Waals surface area contributed by atoms with Crippen molar-refractivity contribution < 1.29 is 59.2 Å². The van der Waals surface area contributed by atoms with Crippen molar-refractivity contribution in [1.82, 2.24) is 0 Å². The van der Waals surface area contributed by atoms with E-state index in [0.717, 1.165) is 0 Å². The zero-order valence-electron chi connectivity index (χ0n) is 20.6. The summed E-state index contributed by atoms with van der Waals surface area (Å²) < 4.78 is 23.4. The van der Waals surface area contributed by atoms with Crippen LogP contribution in [-0.2, 0) is 59.2 Å². The third-order valence-corrected chi connectivity index (χ3v) is 3.81. The molecule has 0 saturated heterocycles. The van der Waals surface area contributed by atoms with Crippen LogP contribution in [0.15, 0.2) is 11.1 Å². The molecule has 198 valence electrons. The standard InChI is InChI=1S/C10H11IO4.C7H8IO2.C5H9O2.I2.W/c1-7(9(12)14-3)8(2)10(13)15-6-4-5-11;1-6(2)7(9)10-5-3-4-8;1-4(2)5(6)7-3;1-2;/h6H2,1-3H3;5H2,1-2H3;1-3H3;;/q;2*-1;;+2/b8-7-;;;;. The van der Waals surface area contributed by atoms with Gasteiger partial charge in [-0.05, 0) is 21.7 Å². The fraction of sp³-hybridized carbons (Fsp3) is 0.455. The van der Waals surface area contributed by atoms with Crippen molar-refractivity contribution in [2.75, 3.05) is 27.4 Å². The quantitative estimate of drug-likeness (QED) is 0.0857. The van der Waals surface area contributed by atoms with Gasteiger partial charge in [0.05, 0.1) is 14.2 Å². The van der Waals surface area contributed by atoms with Crippen LogP contribution < -0.4 is 0 Å². The van der Waals surface area contributed by atoms with E-state index in [9.17, 15) is 19.2 Å². The van der Waals surface area contributed by atoms with E-state index >= 15 is 0 Å². The Morgan fingerprint density at radius 3 is 1.34 bits per heavy atom. The number of carbonyl (C=O) groups is 4. The molecule has 8 nitrogen and oxygen atoms in total. The SMILES string of the molecule is COC(=O)/C(C)=C(/C)C(=O)OCC#CI.COC(=O)[C-](C)C.C[C-](C)C(=O)OCC#CI.II.[W+2]. The van der Waals surface area contributed by atoms with Crippen molar-refractivity contribution in [1.29, 1.82) is 0 Å². The van der Waals surface area contributed by atoms with Gasteiger partial charge in [0, 0.05) is 93.6 Å². The van der Waals surface area contributed by atoms with Crippen molar-refractivity contribution in [2.24, 2.45) is 0 Å². The van der Waals surface area contributed by atoms with E-state index in [4.69, 9.17) is 4.74 Å². The molecule has 0 atom stereocenters. The van der Waals surface area contributed by atoms with Crippen molar-refractivity contribution in [2.45, 2.75) is 41.5 Å². The molecule has 0 bridgehead atoms. The van der Waals surface area contributed by atoms with Crippen LogP contribution in [-0.4, -0.2) is 51.3 Å². The van der Waals surface area contributed by atoms with Crippen molar-refractivity contribution in [3.05, 3.63) is 23.0 Å². The first-order chi connectivity index (χ1) is 15.9. The van der Waals surface area contributed by atoms with Crippen molar-refractivity contribution in [3.63, 3.8) is 0 Å². The van der Waals surface area contributed by atoms with Gasteiger partial charge in [0.1, 0.15) is 6.61 Å². The molecule has 0 fully saturated rings. The summed E-state index contributed by atoms with van der Waals surface area (Å²) in [5, 5.41) is 0. The number of rotatable bonds is 6. The van der Waals surface area contributed by atoms with Gasteiger partial charge in [-0.1, -0.05) is 11.8 Å². The van der Waals surface area contributed by atoms with E-state index < -0.39 is 11.9 Å². The molecule has 13 heteroatoms. The molecule has 0 aromatic carbocycles. The van der Waals surface area contributed by atoms with Gasteiger partial charge < -0.3 is 18.9 Å². The molecule has 0 amide bonds. The fourth-order valence-corrected chi connectivity index (χ4v) is 1.49. The smallest absolute Gasteiger partial charge is 0.491 e. The van der Waals surface area contributed by atoms with Crippen molar-refractivity contribution >= 4 is 106 Å². The Hall–Kier alpha value is 0.0883. The molecule has 0 unspecified atom stereocenters. The molecule has 0 N–H and O–H groups in total. The second-order valence-corrected chi connectivity index (χ2v) is 7.01. The molecule has 0 aliphatic heterocycles. The molecule has 0 radical (unpaired) electrons. The fourth-order valence-electron chi connectivity index (χ4n) is 1.17. The Morgan fingerprint density at radius 1 is 0.686 bits per heavy atom. The monoisotopic (exact) mass is 1110 g/mol. The maximum atomic E-state index is 11.3. The Morgan fingerprint density at radius 2 is 1.06 bits per heavy atom. The molecule has 0 saturated carbocycles. The average molecular weight is 1110 g/mol. The van der Waals surface area contributed by atoms with Crippen LogP contribution in [0, 0.1) is 31.5 Å². The third-order valence-electron chi connectivity index (χ3n) is 3.05. The predicted molar refractivity (Wildman–Crippen MR) is 165 cm³/mol. The molecule has 0 rings (SSSR count). The minimum Gasteiger partial charge on any atom is -0.491 e. The largest absolute Gasteiger partial charge is 2.00 e. The minimum atomic E-state index is -0.558.